The van der Waals surface area contributed by atoms with Gasteiger partial charge in [-0.2, -0.15) is 0 Å². The molecule has 1 aromatic carbocycles. The number of nitrogens with zero attached hydrogens (tertiary/aromatic N) is 4. The zero-order chi connectivity index (χ0) is 20.8. The topological polar surface area (TPSA) is 62.2 Å². The van der Waals surface area contributed by atoms with Gasteiger partial charge in [-0.05, 0) is 48.6 Å². The van der Waals surface area contributed by atoms with Crippen LogP contribution >= 0.6 is 0 Å². The van der Waals surface area contributed by atoms with Crippen LogP contribution < -0.4 is 19.7 Å². The Hall–Kier alpha value is -2.96. The van der Waals surface area contributed by atoms with Crippen molar-refractivity contribution < 1.29 is 9.47 Å². The Labute approximate surface area is 178 Å². The van der Waals surface area contributed by atoms with Gasteiger partial charge in [0.15, 0.2) is 5.96 Å². The van der Waals surface area contributed by atoms with Crippen molar-refractivity contribution in [3.63, 3.8) is 0 Å². The number of guanidine groups is 1. The molecule has 1 aliphatic carbocycles. The highest BCUT2D eigenvalue weighted by molar-refractivity contribution is 5.80. The summed E-state index contributed by atoms with van der Waals surface area (Å²) in [6.45, 7) is 5.26. The lowest BCUT2D eigenvalue weighted by molar-refractivity contribution is 0.288. The molecule has 1 saturated carbocycles. The normalized spacial score (nSPS) is 17.1. The summed E-state index contributed by atoms with van der Waals surface area (Å²) in [5, 5.41) is 3.46. The summed E-state index contributed by atoms with van der Waals surface area (Å²) in [4.78, 5) is 13.6. The van der Waals surface area contributed by atoms with E-state index in [1.807, 2.05) is 31.4 Å². The van der Waals surface area contributed by atoms with Gasteiger partial charge in [0.05, 0.1) is 13.7 Å². The lowest BCUT2D eigenvalue weighted by Gasteiger charge is -2.37. The second kappa shape index (κ2) is 9.69. The predicted molar refractivity (Wildman–Crippen MR) is 119 cm³/mol. The summed E-state index contributed by atoms with van der Waals surface area (Å²) in [5.74, 6) is 3.27. The van der Waals surface area contributed by atoms with E-state index in [1.54, 1.807) is 7.11 Å². The number of aromatic nitrogens is 1. The van der Waals surface area contributed by atoms with Crippen LogP contribution in [-0.4, -0.2) is 62.8 Å². The standard InChI is InChI=1S/C23H31N5O2/c1-24-23(26-16-19-5-10-22(25-15-19)30-17-18-3-4-18)28-13-11-27(12-14-28)20-6-8-21(29-2)9-7-20/h5-10,15,18H,3-4,11-14,16-17H2,1-2H3,(H,24,26). The Morgan fingerprint density at radius 2 is 1.87 bits per heavy atom. The molecule has 7 nitrogen and oxygen atoms in total. The molecule has 1 saturated heterocycles. The van der Waals surface area contributed by atoms with Crippen LogP contribution in [-0.2, 0) is 6.54 Å². The van der Waals surface area contributed by atoms with E-state index in [2.05, 4.69) is 43.3 Å². The summed E-state index contributed by atoms with van der Waals surface area (Å²) in [5.41, 5.74) is 2.35. The molecule has 2 aliphatic rings. The SMILES string of the molecule is CN=C(NCc1ccc(OCC2CC2)nc1)N1CCN(c2ccc(OC)cc2)CC1. The van der Waals surface area contributed by atoms with E-state index in [9.17, 15) is 0 Å². The first-order valence-corrected chi connectivity index (χ1v) is 10.7. The van der Waals surface area contributed by atoms with Crippen molar-refractivity contribution in [2.45, 2.75) is 19.4 Å². The van der Waals surface area contributed by atoms with Gasteiger partial charge in [0.25, 0.3) is 0 Å². The molecule has 160 valence electrons. The molecule has 2 heterocycles. The largest absolute Gasteiger partial charge is 0.497 e. The molecule has 7 heteroatoms. The Kier molecular flexibility index (Phi) is 6.57. The highest BCUT2D eigenvalue weighted by atomic mass is 16.5. The summed E-state index contributed by atoms with van der Waals surface area (Å²) in [7, 11) is 3.53. The maximum absolute atomic E-state index is 5.71. The van der Waals surface area contributed by atoms with Gasteiger partial charge in [0.2, 0.25) is 5.88 Å². The average molecular weight is 410 g/mol. The Morgan fingerprint density at radius 3 is 2.47 bits per heavy atom. The number of aliphatic imine (C=N–C) groups is 1. The number of piperazine rings is 1. The second-order valence-corrected chi connectivity index (χ2v) is 7.83. The van der Waals surface area contributed by atoms with Crippen LogP contribution in [0.5, 0.6) is 11.6 Å². The predicted octanol–water partition coefficient (Wildman–Crippen LogP) is 2.78. The number of rotatable bonds is 7. The molecule has 0 bridgehead atoms. The van der Waals surface area contributed by atoms with Crippen LogP contribution in [0.4, 0.5) is 5.69 Å². The first-order chi connectivity index (χ1) is 14.7. The van der Waals surface area contributed by atoms with Crippen molar-refractivity contribution >= 4 is 11.6 Å². The molecule has 2 aromatic rings. The molecule has 2 fully saturated rings. The maximum atomic E-state index is 5.71. The minimum Gasteiger partial charge on any atom is -0.497 e. The molecule has 0 amide bonds. The lowest BCUT2D eigenvalue weighted by atomic mass is 10.2. The summed E-state index contributed by atoms with van der Waals surface area (Å²) in [6, 6.07) is 12.3. The first kappa shape index (κ1) is 20.3. The van der Waals surface area contributed by atoms with Crippen LogP contribution in [0.2, 0.25) is 0 Å². The molecular formula is C23H31N5O2. The maximum Gasteiger partial charge on any atom is 0.213 e. The number of ether oxygens (including phenoxy) is 2. The number of hydrogen-bond donors (Lipinski definition) is 1. The molecule has 1 N–H and O–H groups in total. The lowest BCUT2D eigenvalue weighted by Crippen LogP contribution is -2.52. The highest BCUT2D eigenvalue weighted by Gasteiger charge is 2.22. The zero-order valence-electron chi connectivity index (χ0n) is 17.9. The third kappa shape index (κ3) is 5.34. The third-order valence-corrected chi connectivity index (χ3v) is 5.64. The van der Waals surface area contributed by atoms with Gasteiger partial charge in [0, 0.05) is 57.7 Å². The van der Waals surface area contributed by atoms with Crippen molar-refractivity contribution in [2.24, 2.45) is 10.9 Å². The van der Waals surface area contributed by atoms with E-state index < -0.39 is 0 Å². The second-order valence-electron chi connectivity index (χ2n) is 7.83. The molecule has 0 atom stereocenters. The number of hydrogen-bond acceptors (Lipinski definition) is 5. The van der Waals surface area contributed by atoms with Gasteiger partial charge in [0.1, 0.15) is 5.75 Å². The molecule has 0 unspecified atom stereocenters. The zero-order valence-corrected chi connectivity index (χ0v) is 17.9. The van der Waals surface area contributed by atoms with Crippen LogP contribution in [0.1, 0.15) is 18.4 Å². The number of anilines is 1. The number of pyridine rings is 1. The number of methoxy groups -OCH3 is 1. The number of nitrogens with one attached hydrogen (secondary N) is 1. The molecule has 4 rings (SSSR count). The Morgan fingerprint density at radius 1 is 1.10 bits per heavy atom. The fourth-order valence-electron chi connectivity index (χ4n) is 3.57. The van der Waals surface area contributed by atoms with E-state index in [4.69, 9.17) is 9.47 Å². The fourth-order valence-corrected chi connectivity index (χ4v) is 3.57. The molecule has 1 aromatic heterocycles. The Bertz CT molecular complexity index is 826. The third-order valence-electron chi connectivity index (χ3n) is 5.64. The van der Waals surface area contributed by atoms with Gasteiger partial charge in [-0.15, -0.1) is 0 Å². The van der Waals surface area contributed by atoms with Gasteiger partial charge in [-0.25, -0.2) is 4.98 Å². The van der Waals surface area contributed by atoms with Crippen molar-refractivity contribution in [1.29, 1.82) is 0 Å². The summed E-state index contributed by atoms with van der Waals surface area (Å²) in [6.07, 6.45) is 4.45. The quantitative estimate of drug-likeness (QED) is 0.561. The van der Waals surface area contributed by atoms with Gasteiger partial charge < -0.3 is 24.6 Å². The average Bonchev–Trinajstić information content (AvgIpc) is 3.64. The minimum absolute atomic E-state index is 0.696. The molecule has 0 radical (unpaired) electrons. The van der Waals surface area contributed by atoms with Crippen LogP contribution in [0.25, 0.3) is 0 Å². The minimum atomic E-state index is 0.696. The van der Waals surface area contributed by atoms with E-state index in [1.165, 1.54) is 18.5 Å². The van der Waals surface area contributed by atoms with E-state index >= 15 is 0 Å². The van der Waals surface area contributed by atoms with Crippen molar-refractivity contribution in [3.05, 3.63) is 48.2 Å². The van der Waals surface area contributed by atoms with E-state index in [0.717, 1.165) is 56.0 Å². The van der Waals surface area contributed by atoms with Crippen LogP contribution in [0, 0.1) is 5.92 Å². The summed E-state index contributed by atoms with van der Waals surface area (Å²) < 4.78 is 11.0. The summed E-state index contributed by atoms with van der Waals surface area (Å²) >= 11 is 0. The van der Waals surface area contributed by atoms with E-state index in [0.29, 0.717) is 12.4 Å². The highest BCUT2D eigenvalue weighted by Crippen LogP contribution is 2.29. The van der Waals surface area contributed by atoms with Crippen LogP contribution in [0.15, 0.2) is 47.6 Å². The number of benzene rings is 1. The monoisotopic (exact) mass is 409 g/mol. The van der Waals surface area contributed by atoms with Crippen molar-refractivity contribution in [2.75, 3.05) is 51.8 Å². The van der Waals surface area contributed by atoms with Gasteiger partial charge in [-0.1, -0.05) is 6.07 Å². The fraction of sp³-hybridized carbons (Fsp3) is 0.478. The van der Waals surface area contributed by atoms with Crippen molar-refractivity contribution in [1.82, 2.24) is 15.2 Å². The Balaban J connectivity index is 1.24. The molecular weight excluding hydrogens is 378 g/mol. The molecule has 1 aliphatic heterocycles. The smallest absolute Gasteiger partial charge is 0.213 e. The first-order valence-electron chi connectivity index (χ1n) is 10.7. The molecule has 0 spiro atoms. The van der Waals surface area contributed by atoms with Crippen molar-refractivity contribution in [3.8, 4) is 11.6 Å². The van der Waals surface area contributed by atoms with Crippen LogP contribution in [0.3, 0.4) is 0 Å². The van der Waals surface area contributed by atoms with Gasteiger partial charge in [-0.3, -0.25) is 4.99 Å². The molecule has 30 heavy (non-hydrogen) atoms. The van der Waals surface area contributed by atoms with Gasteiger partial charge >= 0.3 is 0 Å². The van der Waals surface area contributed by atoms with E-state index in [-0.39, 0.29) is 0 Å².